The molecule has 1 aliphatic rings. The van der Waals surface area contributed by atoms with Crippen molar-refractivity contribution in [3.05, 3.63) is 30.1 Å². The molecule has 1 fully saturated rings. The lowest BCUT2D eigenvalue weighted by molar-refractivity contribution is 0.129. The number of nitrogens with zero attached hydrogens (tertiary/aromatic N) is 2. The van der Waals surface area contributed by atoms with Gasteiger partial charge in [0.25, 0.3) is 0 Å². The highest BCUT2D eigenvalue weighted by atomic mass is 127. The number of rotatable bonds is 8. The van der Waals surface area contributed by atoms with E-state index in [1.165, 1.54) is 12.8 Å². The van der Waals surface area contributed by atoms with E-state index in [0.717, 1.165) is 50.3 Å². The first kappa shape index (κ1) is 18.2. The fourth-order valence-electron chi connectivity index (χ4n) is 1.85. The normalized spacial score (nSPS) is 14.4. The number of hydrogen-bond donors (Lipinski definition) is 2. The van der Waals surface area contributed by atoms with Crippen LogP contribution in [-0.4, -0.2) is 44.3 Å². The Labute approximate surface area is 144 Å². The minimum absolute atomic E-state index is 0. The topological polar surface area (TPSA) is 58.5 Å². The summed E-state index contributed by atoms with van der Waals surface area (Å²) < 4.78 is 5.57. The van der Waals surface area contributed by atoms with E-state index in [4.69, 9.17) is 4.74 Å². The molecule has 118 valence electrons. The third kappa shape index (κ3) is 8.21. The van der Waals surface area contributed by atoms with Crippen LogP contribution in [0.3, 0.4) is 0 Å². The summed E-state index contributed by atoms with van der Waals surface area (Å²) in [7, 11) is 1.78. The smallest absolute Gasteiger partial charge is 0.191 e. The van der Waals surface area contributed by atoms with Crippen molar-refractivity contribution in [1.29, 1.82) is 0 Å². The van der Waals surface area contributed by atoms with Crippen LogP contribution in [-0.2, 0) is 11.2 Å². The molecule has 0 unspecified atom stereocenters. The molecule has 0 amide bonds. The molecule has 1 heterocycles. The zero-order valence-corrected chi connectivity index (χ0v) is 14.9. The predicted molar refractivity (Wildman–Crippen MR) is 96.3 cm³/mol. The van der Waals surface area contributed by atoms with Crippen molar-refractivity contribution in [2.75, 3.05) is 33.4 Å². The van der Waals surface area contributed by atoms with Crippen LogP contribution in [0, 0.1) is 5.92 Å². The number of aromatic nitrogens is 1. The maximum Gasteiger partial charge on any atom is 0.191 e. The van der Waals surface area contributed by atoms with Gasteiger partial charge in [-0.2, -0.15) is 0 Å². The molecule has 5 nitrogen and oxygen atoms in total. The number of hydrogen-bond acceptors (Lipinski definition) is 3. The van der Waals surface area contributed by atoms with Crippen LogP contribution in [0.4, 0.5) is 0 Å². The monoisotopic (exact) mass is 404 g/mol. The minimum atomic E-state index is 0. The fourth-order valence-corrected chi connectivity index (χ4v) is 1.85. The van der Waals surface area contributed by atoms with Crippen molar-refractivity contribution in [2.45, 2.75) is 19.3 Å². The maximum absolute atomic E-state index is 5.57. The van der Waals surface area contributed by atoms with E-state index >= 15 is 0 Å². The molecular weight excluding hydrogens is 379 g/mol. The molecule has 2 rings (SSSR count). The largest absolute Gasteiger partial charge is 0.379 e. The molecule has 1 aromatic rings. The first-order chi connectivity index (χ1) is 9.88. The van der Waals surface area contributed by atoms with Gasteiger partial charge in [-0.3, -0.25) is 9.98 Å². The molecule has 0 atom stereocenters. The van der Waals surface area contributed by atoms with Gasteiger partial charge in [0.05, 0.1) is 6.61 Å². The first-order valence-corrected chi connectivity index (χ1v) is 7.30. The summed E-state index contributed by atoms with van der Waals surface area (Å²) in [4.78, 5) is 8.47. The van der Waals surface area contributed by atoms with E-state index in [-0.39, 0.29) is 24.0 Å². The maximum atomic E-state index is 5.57. The lowest BCUT2D eigenvalue weighted by atomic mass is 10.3. The molecule has 1 aliphatic carbocycles. The quantitative estimate of drug-likeness (QED) is 0.301. The van der Waals surface area contributed by atoms with Crippen LogP contribution in [0.1, 0.15) is 18.5 Å². The number of ether oxygens (including phenoxy) is 1. The Morgan fingerprint density at radius 1 is 1.33 bits per heavy atom. The van der Waals surface area contributed by atoms with E-state index in [1.807, 2.05) is 24.4 Å². The summed E-state index contributed by atoms with van der Waals surface area (Å²) in [6.45, 7) is 3.25. The molecule has 0 saturated heterocycles. The van der Waals surface area contributed by atoms with E-state index < -0.39 is 0 Å². The summed E-state index contributed by atoms with van der Waals surface area (Å²) >= 11 is 0. The molecule has 1 aromatic heterocycles. The standard InChI is InChI=1S/C15H24N4O.HI/c1-16-15(19-10-11-20-12-13-5-6-13)18-9-7-14-4-2-3-8-17-14;/h2-4,8,13H,5-7,9-12H2,1H3,(H2,16,18,19);1H. The average molecular weight is 404 g/mol. The van der Waals surface area contributed by atoms with Crippen molar-refractivity contribution in [1.82, 2.24) is 15.6 Å². The molecule has 0 spiro atoms. The van der Waals surface area contributed by atoms with Crippen LogP contribution >= 0.6 is 24.0 Å². The summed E-state index contributed by atoms with van der Waals surface area (Å²) in [6.07, 6.45) is 5.38. The zero-order valence-electron chi connectivity index (χ0n) is 12.5. The van der Waals surface area contributed by atoms with Gasteiger partial charge in [0.2, 0.25) is 0 Å². The van der Waals surface area contributed by atoms with Gasteiger partial charge in [-0.1, -0.05) is 6.07 Å². The van der Waals surface area contributed by atoms with E-state index in [9.17, 15) is 0 Å². The lowest BCUT2D eigenvalue weighted by Gasteiger charge is -2.11. The number of aliphatic imine (C=N–C) groups is 1. The van der Waals surface area contributed by atoms with E-state index in [0.29, 0.717) is 0 Å². The molecule has 6 heteroatoms. The van der Waals surface area contributed by atoms with Gasteiger partial charge >= 0.3 is 0 Å². The SMILES string of the molecule is CN=C(NCCOCC1CC1)NCCc1ccccn1.I. The Morgan fingerprint density at radius 3 is 2.81 bits per heavy atom. The van der Waals surface area contributed by atoms with Crippen LogP contribution in [0.2, 0.25) is 0 Å². The van der Waals surface area contributed by atoms with Gasteiger partial charge in [0.1, 0.15) is 0 Å². The third-order valence-corrected chi connectivity index (χ3v) is 3.21. The van der Waals surface area contributed by atoms with Crippen molar-refractivity contribution in [2.24, 2.45) is 10.9 Å². The average Bonchev–Trinajstić information content (AvgIpc) is 3.30. The summed E-state index contributed by atoms with van der Waals surface area (Å²) in [5, 5.41) is 6.52. The van der Waals surface area contributed by atoms with Crippen molar-refractivity contribution < 1.29 is 4.74 Å². The molecular formula is C15H25IN4O. The Morgan fingerprint density at radius 2 is 2.14 bits per heavy atom. The van der Waals surface area contributed by atoms with Gasteiger partial charge in [-0.05, 0) is 30.9 Å². The highest BCUT2D eigenvalue weighted by molar-refractivity contribution is 14.0. The van der Waals surface area contributed by atoms with Crippen LogP contribution in [0.5, 0.6) is 0 Å². The van der Waals surface area contributed by atoms with Gasteiger partial charge in [-0.25, -0.2) is 0 Å². The summed E-state index contributed by atoms with van der Waals surface area (Å²) in [5.41, 5.74) is 1.09. The van der Waals surface area contributed by atoms with Gasteiger partial charge in [0.15, 0.2) is 5.96 Å². The van der Waals surface area contributed by atoms with Gasteiger partial charge in [0, 0.05) is 45.1 Å². The molecule has 0 aliphatic heterocycles. The van der Waals surface area contributed by atoms with Gasteiger partial charge < -0.3 is 15.4 Å². The number of pyridine rings is 1. The second-order valence-electron chi connectivity index (χ2n) is 5.02. The van der Waals surface area contributed by atoms with Crippen LogP contribution in [0.25, 0.3) is 0 Å². The molecule has 2 N–H and O–H groups in total. The highest BCUT2D eigenvalue weighted by Gasteiger charge is 2.20. The Hall–Kier alpha value is -0.890. The van der Waals surface area contributed by atoms with E-state index in [2.05, 4.69) is 20.6 Å². The lowest BCUT2D eigenvalue weighted by Crippen LogP contribution is -2.39. The van der Waals surface area contributed by atoms with Crippen molar-refractivity contribution >= 4 is 29.9 Å². The zero-order chi connectivity index (χ0) is 14.0. The second-order valence-corrected chi connectivity index (χ2v) is 5.02. The second kappa shape index (κ2) is 10.8. The Bertz CT molecular complexity index is 409. The predicted octanol–water partition coefficient (Wildman–Crippen LogP) is 1.83. The number of guanidine groups is 1. The molecule has 21 heavy (non-hydrogen) atoms. The van der Waals surface area contributed by atoms with Crippen molar-refractivity contribution in [3.63, 3.8) is 0 Å². The molecule has 0 bridgehead atoms. The minimum Gasteiger partial charge on any atom is -0.379 e. The Kier molecular flexibility index (Phi) is 9.32. The van der Waals surface area contributed by atoms with Crippen LogP contribution < -0.4 is 10.6 Å². The number of nitrogens with one attached hydrogen (secondary N) is 2. The Balaban J connectivity index is 0.00000220. The number of halogens is 1. The van der Waals surface area contributed by atoms with E-state index in [1.54, 1.807) is 7.05 Å². The molecule has 0 radical (unpaired) electrons. The molecule has 0 aromatic carbocycles. The van der Waals surface area contributed by atoms with Gasteiger partial charge in [-0.15, -0.1) is 24.0 Å². The fraction of sp³-hybridized carbons (Fsp3) is 0.600. The summed E-state index contributed by atoms with van der Waals surface area (Å²) in [5.74, 6) is 1.64. The molecule has 1 saturated carbocycles. The summed E-state index contributed by atoms with van der Waals surface area (Å²) in [6, 6.07) is 5.97. The highest BCUT2D eigenvalue weighted by Crippen LogP contribution is 2.28. The third-order valence-electron chi connectivity index (χ3n) is 3.21. The van der Waals surface area contributed by atoms with Crippen molar-refractivity contribution in [3.8, 4) is 0 Å². The first-order valence-electron chi connectivity index (χ1n) is 7.30. The van der Waals surface area contributed by atoms with Crippen LogP contribution in [0.15, 0.2) is 29.4 Å².